The standard InChI is InChI=1S/C14H11FN2O/c1-18-13-7-3-2-5-10(13)12-9-17-8-4-6-11(15)14(17)16-12/h2-9H,1H3. The van der Waals surface area contributed by atoms with E-state index in [0.717, 1.165) is 11.3 Å². The molecule has 3 aromatic rings. The van der Waals surface area contributed by atoms with Crippen molar-refractivity contribution in [1.82, 2.24) is 9.38 Å². The molecular weight excluding hydrogens is 231 g/mol. The van der Waals surface area contributed by atoms with E-state index in [4.69, 9.17) is 4.74 Å². The zero-order chi connectivity index (χ0) is 12.5. The molecule has 0 N–H and O–H groups in total. The Morgan fingerprint density at radius 1 is 1.17 bits per heavy atom. The Morgan fingerprint density at radius 2 is 2.00 bits per heavy atom. The Kier molecular flexibility index (Phi) is 2.48. The van der Waals surface area contributed by atoms with Gasteiger partial charge in [-0.1, -0.05) is 12.1 Å². The second-order valence-corrected chi connectivity index (χ2v) is 3.91. The van der Waals surface area contributed by atoms with Crippen molar-refractivity contribution in [2.45, 2.75) is 0 Å². The molecule has 0 atom stereocenters. The van der Waals surface area contributed by atoms with Gasteiger partial charge in [0.25, 0.3) is 0 Å². The maximum atomic E-state index is 13.6. The number of hydrogen-bond acceptors (Lipinski definition) is 2. The van der Waals surface area contributed by atoms with Gasteiger partial charge in [0, 0.05) is 18.0 Å². The van der Waals surface area contributed by atoms with Crippen molar-refractivity contribution >= 4 is 5.65 Å². The van der Waals surface area contributed by atoms with Gasteiger partial charge in [0.1, 0.15) is 5.75 Å². The lowest BCUT2D eigenvalue weighted by Crippen LogP contribution is -1.87. The third-order valence-electron chi connectivity index (χ3n) is 2.82. The first-order valence-electron chi connectivity index (χ1n) is 5.56. The maximum Gasteiger partial charge on any atom is 0.173 e. The summed E-state index contributed by atoms with van der Waals surface area (Å²) >= 11 is 0. The largest absolute Gasteiger partial charge is 0.496 e. The zero-order valence-electron chi connectivity index (χ0n) is 9.80. The fourth-order valence-electron chi connectivity index (χ4n) is 1.96. The number of aromatic nitrogens is 2. The fourth-order valence-corrected chi connectivity index (χ4v) is 1.96. The second-order valence-electron chi connectivity index (χ2n) is 3.91. The van der Waals surface area contributed by atoms with Gasteiger partial charge in [-0.2, -0.15) is 0 Å². The predicted octanol–water partition coefficient (Wildman–Crippen LogP) is 3.15. The SMILES string of the molecule is COc1ccccc1-c1cn2cccc(F)c2n1. The van der Waals surface area contributed by atoms with Crippen LogP contribution in [0.1, 0.15) is 0 Å². The molecule has 3 nitrogen and oxygen atoms in total. The minimum Gasteiger partial charge on any atom is -0.496 e. The van der Waals surface area contributed by atoms with E-state index in [1.54, 1.807) is 30.0 Å². The molecule has 0 amide bonds. The van der Waals surface area contributed by atoms with Crippen molar-refractivity contribution < 1.29 is 9.13 Å². The minimum absolute atomic E-state index is 0.318. The second kappa shape index (κ2) is 4.14. The molecule has 0 saturated carbocycles. The Hall–Kier alpha value is -2.36. The topological polar surface area (TPSA) is 26.5 Å². The number of fused-ring (bicyclic) bond motifs is 1. The average molecular weight is 242 g/mol. The van der Waals surface area contributed by atoms with Crippen molar-refractivity contribution in [1.29, 1.82) is 0 Å². The number of methoxy groups -OCH3 is 1. The van der Waals surface area contributed by atoms with Gasteiger partial charge in [-0.15, -0.1) is 0 Å². The summed E-state index contributed by atoms with van der Waals surface area (Å²) in [6.07, 6.45) is 3.56. The smallest absolute Gasteiger partial charge is 0.173 e. The normalized spacial score (nSPS) is 10.8. The van der Waals surface area contributed by atoms with E-state index in [1.165, 1.54) is 6.07 Å². The first kappa shape index (κ1) is 10.8. The summed E-state index contributed by atoms with van der Waals surface area (Å²) in [7, 11) is 1.61. The number of hydrogen-bond donors (Lipinski definition) is 0. The highest BCUT2D eigenvalue weighted by Crippen LogP contribution is 2.29. The highest BCUT2D eigenvalue weighted by molar-refractivity contribution is 5.69. The Labute approximate surface area is 103 Å². The average Bonchev–Trinajstić information content (AvgIpc) is 2.84. The molecule has 2 heterocycles. The first-order chi connectivity index (χ1) is 8.79. The van der Waals surface area contributed by atoms with Gasteiger partial charge in [-0.25, -0.2) is 9.37 Å². The molecule has 0 unspecified atom stereocenters. The van der Waals surface area contributed by atoms with Crippen LogP contribution in [-0.2, 0) is 0 Å². The van der Waals surface area contributed by atoms with Crippen molar-refractivity contribution in [2.24, 2.45) is 0 Å². The monoisotopic (exact) mass is 242 g/mol. The molecule has 90 valence electrons. The van der Waals surface area contributed by atoms with Crippen LogP contribution in [0.25, 0.3) is 16.9 Å². The number of para-hydroxylation sites is 1. The molecule has 2 aromatic heterocycles. The van der Waals surface area contributed by atoms with Crippen LogP contribution >= 0.6 is 0 Å². The molecule has 0 saturated heterocycles. The van der Waals surface area contributed by atoms with Crippen LogP contribution in [0.3, 0.4) is 0 Å². The quantitative estimate of drug-likeness (QED) is 0.690. The van der Waals surface area contributed by atoms with Crippen molar-refractivity contribution in [3.05, 3.63) is 54.6 Å². The van der Waals surface area contributed by atoms with E-state index < -0.39 is 0 Å². The molecule has 3 rings (SSSR count). The highest BCUT2D eigenvalue weighted by Gasteiger charge is 2.10. The van der Waals surface area contributed by atoms with Gasteiger partial charge < -0.3 is 9.14 Å². The molecule has 18 heavy (non-hydrogen) atoms. The van der Waals surface area contributed by atoms with Gasteiger partial charge >= 0.3 is 0 Å². The van der Waals surface area contributed by atoms with Crippen LogP contribution in [0.5, 0.6) is 5.75 Å². The lowest BCUT2D eigenvalue weighted by molar-refractivity contribution is 0.416. The van der Waals surface area contributed by atoms with Crippen LogP contribution in [0.15, 0.2) is 48.8 Å². The maximum absolute atomic E-state index is 13.6. The number of nitrogens with zero attached hydrogens (tertiary/aromatic N) is 2. The van der Waals surface area contributed by atoms with Crippen LogP contribution in [0, 0.1) is 5.82 Å². The van der Waals surface area contributed by atoms with Crippen LogP contribution in [0.2, 0.25) is 0 Å². The van der Waals surface area contributed by atoms with E-state index >= 15 is 0 Å². The van der Waals surface area contributed by atoms with E-state index in [1.807, 2.05) is 24.3 Å². The van der Waals surface area contributed by atoms with E-state index in [9.17, 15) is 4.39 Å². The zero-order valence-corrected chi connectivity index (χ0v) is 9.80. The molecular formula is C14H11FN2O. The van der Waals surface area contributed by atoms with Gasteiger partial charge in [0.15, 0.2) is 11.5 Å². The summed E-state index contributed by atoms with van der Waals surface area (Å²) in [5, 5.41) is 0. The molecule has 0 spiro atoms. The number of rotatable bonds is 2. The van der Waals surface area contributed by atoms with E-state index in [2.05, 4.69) is 4.98 Å². The molecule has 0 aliphatic rings. The van der Waals surface area contributed by atoms with E-state index in [0.29, 0.717) is 11.3 Å². The fraction of sp³-hybridized carbons (Fsp3) is 0.0714. The lowest BCUT2D eigenvalue weighted by atomic mass is 10.1. The molecule has 0 radical (unpaired) electrons. The van der Waals surface area contributed by atoms with Crippen molar-refractivity contribution in [3.8, 4) is 17.0 Å². The third-order valence-corrected chi connectivity index (χ3v) is 2.82. The Balaban J connectivity index is 2.23. The number of pyridine rings is 1. The molecule has 0 fully saturated rings. The summed E-state index contributed by atoms with van der Waals surface area (Å²) in [5.41, 5.74) is 1.86. The van der Waals surface area contributed by atoms with Gasteiger partial charge in [-0.3, -0.25) is 0 Å². The van der Waals surface area contributed by atoms with Gasteiger partial charge in [0.05, 0.1) is 12.8 Å². The van der Waals surface area contributed by atoms with Gasteiger partial charge in [-0.05, 0) is 24.3 Å². The minimum atomic E-state index is -0.335. The summed E-state index contributed by atoms with van der Waals surface area (Å²) < 4.78 is 20.5. The number of benzene rings is 1. The Morgan fingerprint density at radius 3 is 2.78 bits per heavy atom. The molecule has 0 bridgehead atoms. The summed E-state index contributed by atoms with van der Waals surface area (Å²) in [5.74, 6) is 0.389. The summed E-state index contributed by atoms with van der Waals surface area (Å²) in [6, 6.07) is 10.6. The summed E-state index contributed by atoms with van der Waals surface area (Å²) in [6.45, 7) is 0. The first-order valence-corrected chi connectivity index (χ1v) is 5.56. The third kappa shape index (κ3) is 1.62. The number of imidazole rings is 1. The molecule has 0 aliphatic carbocycles. The van der Waals surface area contributed by atoms with E-state index in [-0.39, 0.29) is 5.82 Å². The Bertz CT molecular complexity index is 706. The molecule has 0 aliphatic heterocycles. The molecule has 4 heteroatoms. The predicted molar refractivity (Wildman–Crippen MR) is 67.1 cm³/mol. The van der Waals surface area contributed by atoms with Crippen molar-refractivity contribution in [3.63, 3.8) is 0 Å². The number of halogens is 1. The highest BCUT2D eigenvalue weighted by atomic mass is 19.1. The van der Waals surface area contributed by atoms with Crippen LogP contribution in [0.4, 0.5) is 4.39 Å². The lowest BCUT2D eigenvalue weighted by Gasteiger charge is -2.04. The molecule has 1 aromatic carbocycles. The summed E-state index contributed by atoms with van der Waals surface area (Å²) in [4.78, 5) is 4.30. The number of ether oxygens (including phenoxy) is 1. The van der Waals surface area contributed by atoms with Crippen LogP contribution in [-0.4, -0.2) is 16.5 Å². The van der Waals surface area contributed by atoms with Crippen LogP contribution < -0.4 is 4.74 Å². The van der Waals surface area contributed by atoms with Gasteiger partial charge in [0.2, 0.25) is 0 Å². The van der Waals surface area contributed by atoms with Crippen molar-refractivity contribution in [2.75, 3.05) is 7.11 Å².